The number of amides is 1. The number of carbonyl (C=O) groups is 1. The molecular weight excluding hydrogens is 355 g/mol. The lowest BCUT2D eigenvalue weighted by Gasteiger charge is -2.35. The smallest absolute Gasteiger partial charge is 0.381 e. The first-order valence-electron chi connectivity index (χ1n) is 9.01. The van der Waals surface area contributed by atoms with Crippen LogP contribution in [0.2, 0.25) is 0 Å². The number of rotatable bonds is 5. The minimum Gasteiger partial charge on any atom is -0.381 e. The van der Waals surface area contributed by atoms with Gasteiger partial charge in [0.2, 0.25) is 5.91 Å². The molecule has 0 N–H and O–H groups in total. The summed E-state index contributed by atoms with van der Waals surface area (Å²) >= 11 is 0. The minimum absolute atomic E-state index is 0.0392. The van der Waals surface area contributed by atoms with Gasteiger partial charge in [-0.15, -0.1) is 0 Å². The van der Waals surface area contributed by atoms with E-state index in [9.17, 15) is 18.0 Å². The summed E-state index contributed by atoms with van der Waals surface area (Å²) in [5.41, 5.74) is 2.76. The first-order valence-corrected chi connectivity index (χ1v) is 9.01. The standard InChI is InChI=1S/C21H22F3NO2/c22-21(23,24)15-25(19-10-12-27-13-11-19)20(26)14-16-6-8-18(9-7-16)17-4-2-1-3-5-17/h1-9,19H,10-15H2. The molecule has 1 aliphatic rings. The van der Waals surface area contributed by atoms with Crippen molar-refractivity contribution in [1.82, 2.24) is 4.90 Å². The Kier molecular flexibility index (Phi) is 6.16. The number of benzene rings is 2. The Labute approximate surface area is 156 Å². The Hall–Kier alpha value is -2.34. The fraction of sp³-hybridized carbons (Fsp3) is 0.381. The summed E-state index contributed by atoms with van der Waals surface area (Å²) in [5, 5.41) is 0. The van der Waals surface area contributed by atoms with E-state index in [1.807, 2.05) is 42.5 Å². The van der Waals surface area contributed by atoms with Crippen LogP contribution in [0.5, 0.6) is 0 Å². The number of halogens is 3. The largest absolute Gasteiger partial charge is 0.406 e. The van der Waals surface area contributed by atoms with Crippen LogP contribution in [0, 0.1) is 0 Å². The molecule has 1 aliphatic heterocycles. The fourth-order valence-electron chi connectivity index (χ4n) is 3.33. The first kappa shape index (κ1) is 19.4. The number of hydrogen-bond acceptors (Lipinski definition) is 2. The van der Waals surface area contributed by atoms with Gasteiger partial charge >= 0.3 is 6.18 Å². The summed E-state index contributed by atoms with van der Waals surface area (Å²) < 4.78 is 44.1. The van der Waals surface area contributed by atoms with Crippen molar-refractivity contribution in [3.05, 3.63) is 60.2 Å². The Balaban J connectivity index is 1.70. The fourth-order valence-corrected chi connectivity index (χ4v) is 3.33. The van der Waals surface area contributed by atoms with Crippen molar-refractivity contribution >= 4 is 5.91 Å². The third kappa shape index (κ3) is 5.57. The van der Waals surface area contributed by atoms with Gasteiger partial charge in [-0.3, -0.25) is 4.79 Å². The van der Waals surface area contributed by atoms with Crippen molar-refractivity contribution in [1.29, 1.82) is 0 Å². The van der Waals surface area contributed by atoms with Crippen molar-refractivity contribution in [3.8, 4) is 11.1 Å². The predicted octanol–water partition coefficient (Wildman–Crippen LogP) is 4.47. The number of hydrogen-bond donors (Lipinski definition) is 0. The average Bonchev–Trinajstić information content (AvgIpc) is 2.67. The van der Waals surface area contributed by atoms with Crippen molar-refractivity contribution in [3.63, 3.8) is 0 Å². The zero-order valence-corrected chi connectivity index (χ0v) is 14.9. The zero-order chi connectivity index (χ0) is 19.3. The van der Waals surface area contributed by atoms with Gasteiger partial charge in [-0.25, -0.2) is 0 Å². The maximum atomic E-state index is 13.0. The Morgan fingerprint density at radius 1 is 0.963 bits per heavy atom. The van der Waals surface area contributed by atoms with Crippen LogP contribution >= 0.6 is 0 Å². The van der Waals surface area contributed by atoms with Crippen LogP contribution < -0.4 is 0 Å². The van der Waals surface area contributed by atoms with Crippen LogP contribution in [0.3, 0.4) is 0 Å². The first-order chi connectivity index (χ1) is 12.9. The van der Waals surface area contributed by atoms with Gasteiger partial charge in [-0.2, -0.15) is 13.2 Å². The van der Waals surface area contributed by atoms with Gasteiger partial charge in [0.15, 0.2) is 0 Å². The maximum absolute atomic E-state index is 13.0. The molecule has 3 rings (SSSR count). The quantitative estimate of drug-likeness (QED) is 0.770. The highest BCUT2D eigenvalue weighted by molar-refractivity contribution is 5.79. The lowest BCUT2D eigenvalue weighted by Crippen LogP contribution is -2.48. The van der Waals surface area contributed by atoms with Gasteiger partial charge in [-0.05, 0) is 29.5 Å². The summed E-state index contributed by atoms with van der Waals surface area (Å²) in [6.45, 7) is -0.436. The zero-order valence-electron chi connectivity index (χ0n) is 14.9. The predicted molar refractivity (Wildman–Crippen MR) is 97.2 cm³/mol. The van der Waals surface area contributed by atoms with Crippen molar-refractivity contribution in [2.75, 3.05) is 19.8 Å². The van der Waals surface area contributed by atoms with Crippen LogP contribution in [0.4, 0.5) is 13.2 Å². The molecule has 0 bridgehead atoms. The van der Waals surface area contributed by atoms with Crippen LogP contribution in [-0.2, 0) is 16.0 Å². The lowest BCUT2D eigenvalue weighted by molar-refractivity contribution is -0.168. The molecular formula is C21H22F3NO2. The molecule has 0 aliphatic carbocycles. The van der Waals surface area contributed by atoms with Gasteiger partial charge in [-0.1, -0.05) is 54.6 Å². The highest BCUT2D eigenvalue weighted by Gasteiger charge is 2.36. The van der Waals surface area contributed by atoms with Crippen LogP contribution in [0.25, 0.3) is 11.1 Å². The second-order valence-electron chi connectivity index (χ2n) is 6.72. The van der Waals surface area contributed by atoms with E-state index in [0.29, 0.717) is 31.6 Å². The second-order valence-corrected chi connectivity index (χ2v) is 6.72. The van der Waals surface area contributed by atoms with Gasteiger partial charge in [0.1, 0.15) is 6.54 Å². The van der Waals surface area contributed by atoms with Gasteiger partial charge in [0.05, 0.1) is 6.42 Å². The normalized spacial score (nSPS) is 15.5. The molecule has 0 atom stereocenters. The molecule has 1 amide bonds. The van der Waals surface area contributed by atoms with E-state index in [2.05, 4.69) is 0 Å². The summed E-state index contributed by atoms with van der Waals surface area (Å²) in [6.07, 6.45) is -3.57. The lowest BCUT2D eigenvalue weighted by atomic mass is 10.0. The highest BCUT2D eigenvalue weighted by atomic mass is 19.4. The molecule has 0 radical (unpaired) electrons. The van der Waals surface area contributed by atoms with Crippen LogP contribution in [0.15, 0.2) is 54.6 Å². The minimum atomic E-state index is -4.41. The van der Waals surface area contributed by atoms with E-state index in [1.54, 1.807) is 12.1 Å². The Morgan fingerprint density at radius 2 is 1.56 bits per heavy atom. The molecule has 2 aromatic rings. The highest BCUT2D eigenvalue weighted by Crippen LogP contribution is 2.24. The number of carbonyl (C=O) groups excluding carboxylic acids is 1. The molecule has 6 heteroatoms. The molecule has 0 saturated carbocycles. The topological polar surface area (TPSA) is 29.5 Å². The Bertz CT molecular complexity index is 738. The Morgan fingerprint density at radius 3 is 2.15 bits per heavy atom. The molecule has 3 nitrogen and oxygen atoms in total. The van der Waals surface area contributed by atoms with Crippen LogP contribution in [-0.4, -0.2) is 42.8 Å². The monoisotopic (exact) mass is 377 g/mol. The third-order valence-electron chi connectivity index (χ3n) is 4.72. The number of nitrogens with zero attached hydrogens (tertiary/aromatic N) is 1. The van der Waals surface area contributed by atoms with E-state index in [-0.39, 0.29) is 6.42 Å². The summed E-state index contributed by atoms with van der Waals surface area (Å²) in [4.78, 5) is 13.6. The van der Waals surface area contributed by atoms with Crippen molar-refractivity contribution in [2.24, 2.45) is 0 Å². The molecule has 1 heterocycles. The summed E-state index contributed by atoms with van der Waals surface area (Å²) in [6, 6.07) is 16.7. The van der Waals surface area contributed by atoms with Crippen molar-refractivity contribution in [2.45, 2.75) is 31.5 Å². The average molecular weight is 377 g/mol. The molecule has 1 fully saturated rings. The third-order valence-corrected chi connectivity index (χ3v) is 4.72. The summed E-state index contributed by atoms with van der Waals surface area (Å²) in [5.74, 6) is -0.494. The van der Waals surface area contributed by atoms with E-state index in [1.165, 1.54) is 0 Å². The van der Waals surface area contributed by atoms with Gasteiger partial charge < -0.3 is 9.64 Å². The molecule has 144 valence electrons. The number of alkyl halides is 3. The molecule has 0 spiro atoms. The second kappa shape index (κ2) is 8.57. The van der Waals surface area contributed by atoms with Gasteiger partial charge in [0, 0.05) is 19.3 Å². The van der Waals surface area contributed by atoms with Crippen molar-refractivity contribution < 1.29 is 22.7 Å². The van der Waals surface area contributed by atoms with E-state index >= 15 is 0 Å². The molecule has 2 aromatic carbocycles. The van der Waals surface area contributed by atoms with Crippen LogP contribution in [0.1, 0.15) is 18.4 Å². The number of ether oxygens (including phenoxy) is 1. The maximum Gasteiger partial charge on any atom is 0.406 e. The molecule has 27 heavy (non-hydrogen) atoms. The molecule has 0 aromatic heterocycles. The van der Waals surface area contributed by atoms with E-state index in [0.717, 1.165) is 16.0 Å². The van der Waals surface area contributed by atoms with E-state index in [4.69, 9.17) is 4.74 Å². The summed E-state index contributed by atoms with van der Waals surface area (Å²) in [7, 11) is 0. The van der Waals surface area contributed by atoms with E-state index < -0.39 is 24.7 Å². The molecule has 0 unspecified atom stereocenters. The molecule has 1 saturated heterocycles. The van der Waals surface area contributed by atoms with Gasteiger partial charge in [0.25, 0.3) is 0 Å². The SMILES string of the molecule is O=C(Cc1ccc(-c2ccccc2)cc1)N(CC(F)(F)F)C1CCOCC1.